The Morgan fingerprint density at radius 3 is 1.16 bits per heavy atom. The highest BCUT2D eigenvalue weighted by molar-refractivity contribution is 6.50. The molecule has 0 amide bonds. The number of hydrogen-bond donors (Lipinski definition) is 0. The summed E-state index contributed by atoms with van der Waals surface area (Å²) < 4.78 is 3.17. The molecule has 0 bridgehead atoms. The molecule has 0 aliphatic rings. The van der Waals surface area contributed by atoms with E-state index in [4.69, 9.17) is 0 Å². The Morgan fingerprint density at radius 2 is 0.645 bits per heavy atom. The molecule has 0 N–H and O–H groups in total. The van der Waals surface area contributed by atoms with Crippen molar-refractivity contribution in [2.24, 2.45) is 0 Å². The Balaban J connectivity index is 1.19. The Labute approximate surface area is 454 Å². The van der Waals surface area contributed by atoms with Gasteiger partial charge in [-0.2, -0.15) is 0 Å². The first-order valence-electron chi connectivity index (χ1n) is 31.8. The molecular weight excluding hydrogens is 933 g/mol. The average molecular weight is 1030 g/mol. The quantitative estimate of drug-likeness (QED) is 0.0220. The third-order valence-electron chi connectivity index (χ3n) is 18.2. The summed E-state index contributed by atoms with van der Waals surface area (Å²) in [6.45, 7) is 9.89. The number of unbranched alkanes of at least 4 members (excludes halogenated alkanes) is 30. The fourth-order valence-electron chi connectivity index (χ4n) is 14.0. The predicted molar refractivity (Wildman–Crippen MR) is 331 cm³/mol. The summed E-state index contributed by atoms with van der Waals surface area (Å²) in [6.07, 6.45) is 42.4. The summed E-state index contributed by atoms with van der Waals surface area (Å²) in [5, 5.41) is 14.9. The molecular formula is C70H94N2O4. The monoisotopic (exact) mass is 1030 g/mol. The number of nitrogens with zero attached hydrogens (tertiary/aromatic N) is 2. The number of aromatic nitrogens is 2. The highest BCUT2D eigenvalue weighted by Crippen LogP contribution is 2.53. The van der Waals surface area contributed by atoms with Crippen molar-refractivity contribution in [1.82, 2.24) is 9.13 Å². The summed E-state index contributed by atoms with van der Waals surface area (Å²) in [6, 6.07) is 13.1. The largest absolute Gasteiger partial charge is 0.274 e. The number of pyridine rings is 2. The SMILES string of the molecule is CCCCCCCCCCCCCc1cc2cc3c(=O)n(CCCCCCCC)c(=O)c4c(CCCCCCCCCCCCC)c5ccc6cc7c(=O)n(CCCCCCCC)c(=O)c8cc1c1c2c(c34)c5c6c1c78. The van der Waals surface area contributed by atoms with Crippen LogP contribution in [0.5, 0.6) is 0 Å². The minimum Gasteiger partial charge on any atom is -0.274 e. The Hall–Kier alpha value is -4.84. The smallest absolute Gasteiger partial charge is 0.261 e. The van der Waals surface area contributed by atoms with Crippen LogP contribution in [0, 0.1) is 0 Å². The molecule has 0 atom stereocenters. The van der Waals surface area contributed by atoms with Gasteiger partial charge in [-0.3, -0.25) is 28.3 Å². The zero-order valence-corrected chi connectivity index (χ0v) is 47.9. The second kappa shape index (κ2) is 27.2. The number of benzene rings is 7. The summed E-state index contributed by atoms with van der Waals surface area (Å²) in [4.78, 5) is 60.6. The van der Waals surface area contributed by atoms with Crippen LogP contribution >= 0.6 is 0 Å². The number of aryl methyl sites for hydroxylation is 2. The molecule has 0 unspecified atom stereocenters. The van der Waals surface area contributed by atoms with Crippen molar-refractivity contribution in [3.63, 3.8) is 0 Å². The topological polar surface area (TPSA) is 78.1 Å². The van der Waals surface area contributed by atoms with Crippen LogP contribution in [0.1, 0.15) is 257 Å². The third-order valence-corrected chi connectivity index (χ3v) is 18.2. The van der Waals surface area contributed by atoms with Gasteiger partial charge in [0.1, 0.15) is 0 Å². The van der Waals surface area contributed by atoms with Gasteiger partial charge in [0.25, 0.3) is 22.2 Å². The van der Waals surface area contributed by atoms with Gasteiger partial charge < -0.3 is 0 Å². The van der Waals surface area contributed by atoms with Crippen molar-refractivity contribution in [2.45, 2.75) is 272 Å². The van der Waals surface area contributed by atoms with Gasteiger partial charge in [0.2, 0.25) is 0 Å². The second-order valence-corrected chi connectivity index (χ2v) is 23.9. The highest BCUT2D eigenvalue weighted by atomic mass is 16.2. The van der Waals surface area contributed by atoms with Gasteiger partial charge in [0.15, 0.2) is 0 Å². The lowest BCUT2D eigenvalue weighted by atomic mass is 9.77. The average Bonchev–Trinajstić information content (AvgIpc) is 3.55. The van der Waals surface area contributed by atoms with E-state index in [-0.39, 0.29) is 22.2 Å². The van der Waals surface area contributed by atoms with Gasteiger partial charge in [-0.1, -0.05) is 239 Å². The van der Waals surface area contributed by atoms with Gasteiger partial charge in [0, 0.05) is 50.8 Å². The lowest BCUT2D eigenvalue weighted by Crippen LogP contribution is -2.34. The molecule has 9 aromatic rings. The molecule has 0 aliphatic heterocycles. The molecule has 0 spiro atoms. The third kappa shape index (κ3) is 11.6. The van der Waals surface area contributed by atoms with E-state index < -0.39 is 0 Å². The zero-order valence-electron chi connectivity index (χ0n) is 47.9. The van der Waals surface area contributed by atoms with Crippen LogP contribution in [0.2, 0.25) is 0 Å². The van der Waals surface area contributed by atoms with Crippen LogP contribution in [-0.4, -0.2) is 9.13 Å². The lowest BCUT2D eigenvalue weighted by Gasteiger charge is -2.26. The van der Waals surface area contributed by atoms with Crippen LogP contribution in [-0.2, 0) is 25.9 Å². The number of hydrogen-bond acceptors (Lipinski definition) is 4. The van der Waals surface area contributed by atoms with Crippen LogP contribution in [0.15, 0.2) is 55.6 Å². The first-order valence-corrected chi connectivity index (χ1v) is 31.8. The van der Waals surface area contributed by atoms with Crippen molar-refractivity contribution in [3.05, 3.63) is 88.9 Å². The van der Waals surface area contributed by atoms with Gasteiger partial charge in [0.05, 0.1) is 5.39 Å². The van der Waals surface area contributed by atoms with E-state index in [9.17, 15) is 4.79 Å². The van der Waals surface area contributed by atoms with Gasteiger partial charge >= 0.3 is 0 Å². The Morgan fingerprint density at radius 1 is 0.276 bits per heavy atom. The van der Waals surface area contributed by atoms with Crippen molar-refractivity contribution < 1.29 is 0 Å². The molecule has 9 rings (SSSR count). The van der Waals surface area contributed by atoms with Crippen LogP contribution in [0.3, 0.4) is 0 Å². The maximum absolute atomic E-state index is 15.4. The lowest BCUT2D eigenvalue weighted by molar-refractivity contribution is 0.545. The summed E-state index contributed by atoms with van der Waals surface area (Å²) in [5.41, 5.74) is 1.63. The molecule has 408 valence electrons. The molecule has 0 aliphatic carbocycles. The van der Waals surface area contributed by atoms with Crippen LogP contribution in [0.25, 0.3) is 86.2 Å². The number of rotatable bonds is 38. The molecule has 0 saturated carbocycles. The van der Waals surface area contributed by atoms with Gasteiger partial charge in [-0.25, -0.2) is 0 Å². The molecule has 0 radical (unpaired) electrons. The zero-order chi connectivity index (χ0) is 53.0. The maximum Gasteiger partial charge on any atom is 0.261 e. The van der Waals surface area contributed by atoms with Gasteiger partial charge in [-0.15, -0.1) is 0 Å². The van der Waals surface area contributed by atoms with Crippen LogP contribution < -0.4 is 22.2 Å². The van der Waals surface area contributed by atoms with E-state index in [1.807, 2.05) is 0 Å². The minimum atomic E-state index is -0.185. The van der Waals surface area contributed by atoms with E-state index in [0.29, 0.717) is 29.2 Å². The molecule has 0 fully saturated rings. The van der Waals surface area contributed by atoms with E-state index >= 15 is 14.4 Å². The molecule has 0 saturated heterocycles. The molecule has 2 aromatic heterocycles. The summed E-state index contributed by atoms with van der Waals surface area (Å²) in [7, 11) is 0. The minimum absolute atomic E-state index is 0.132. The Bertz CT molecular complexity index is 3460. The maximum atomic E-state index is 15.4. The predicted octanol–water partition coefficient (Wildman–Crippen LogP) is 19.6. The fourth-order valence-corrected chi connectivity index (χ4v) is 14.0. The highest BCUT2D eigenvalue weighted by Gasteiger charge is 2.30. The van der Waals surface area contributed by atoms with E-state index in [1.165, 1.54) is 160 Å². The summed E-state index contributed by atoms with van der Waals surface area (Å²) >= 11 is 0. The first-order chi connectivity index (χ1) is 37.4. The van der Waals surface area contributed by atoms with Crippen molar-refractivity contribution in [3.8, 4) is 0 Å². The normalized spacial score (nSPS) is 12.6. The van der Waals surface area contributed by atoms with Crippen molar-refractivity contribution >= 4 is 86.2 Å². The van der Waals surface area contributed by atoms with Crippen molar-refractivity contribution in [2.75, 3.05) is 0 Å². The summed E-state index contributed by atoms with van der Waals surface area (Å²) in [5.74, 6) is 0. The molecule has 2 heterocycles. The first kappa shape index (κ1) is 55.9. The fraction of sp³-hybridized carbons (Fsp3) is 0.600. The second-order valence-electron chi connectivity index (χ2n) is 23.9. The molecule has 76 heavy (non-hydrogen) atoms. The Kier molecular flexibility index (Phi) is 20.0. The van der Waals surface area contributed by atoms with Crippen LogP contribution in [0.4, 0.5) is 0 Å². The molecule has 6 nitrogen and oxygen atoms in total. The van der Waals surface area contributed by atoms with Gasteiger partial charge in [-0.05, 0) is 111 Å². The van der Waals surface area contributed by atoms with E-state index in [0.717, 1.165) is 153 Å². The van der Waals surface area contributed by atoms with Crippen molar-refractivity contribution in [1.29, 1.82) is 0 Å². The standard InChI is InChI=1S/C70H94N2O4/c1-5-9-13-17-21-23-25-27-29-31-35-39-49-45-51-47-56-63-64(70(76)72(68(56)74)44-38-34-20-16-12-8-4)52(40-36-32-30-28-26-24-22-18-14-10-6-2)53-42-41-50-46-55-60-57(69(75)71(67(55)73)43-37-33-19-15-11-7-3)48-54(49)62-59(51)66(63)61(53)58(50)65(60)62/h41-42,45-48H,5-40,43-44H2,1-4H3. The molecule has 6 heteroatoms. The molecule has 7 aromatic carbocycles. The van der Waals surface area contributed by atoms with E-state index in [1.54, 1.807) is 9.13 Å². The van der Waals surface area contributed by atoms with E-state index in [2.05, 4.69) is 64.1 Å².